The minimum absolute atomic E-state index is 0. The molecule has 33 heavy (non-hydrogen) atoms. The Morgan fingerprint density at radius 3 is 2.30 bits per heavy atom. The van der Waals surface area contributed by atoms with E-state index in [4.69, 9.17) is 23.2 Å². The summed E-state index contributed by atoms with van der Waals surface area (Å²) in [4.78, 5) is 14.4. The van der Waals surface area contributed by atoms with Crippen LogP contribution in [0, 0.1) is 0 Å². The number of benzene rings is 2. The molecule has 0 radical (unpaired) electrons. The number of likely N-dealkylation sites (N-methyl/N-ethyl adjacent to an activating group) is 1. The van der Waals surface area contributed by atoms with Gasteiger partial charge in [0, 0.05) is 26.6 Å². The number of carbonyl (C=O) groups excluding carboxylic acids is 1. The molecule has 1 unspecified atom stereocenters. The number of nitrogens with zero attached hydrogens (tertiary/aromatic N) is 1. The van der Waals surface area contributed by atoms with Gasteiger partial charge in [0.15, 0.2) is 0 Å². The maximum Gasteiger partial charge on any atom is 0.217 e. The smallest absolute Gasteiger partial charge is 0.217 e. The monoisotopic (exact) mass is 533 g/mol. The predicted molar refractivity (Wildman–Crippen MR) is 144 cm³/mol. The molecule has 0 saturated carbocycles. The van der Waals surface area contributed by atoms with Crippen molar-refractivity contribution in [1.29, 1.82) is 0 Å². The molecule has 0 bridgehead atoms. The van der Waals surface area contributed by atoms with Crippen LogP contribution in [0.5, 0.6) is 0 Å². The molecule has 0 aliphatic carbocycles. The number of likely N-dealkylation sites (tertiary alicyclic amines) is 1. The predicted octanol–water partition coefficient (Wildman–Crippen LogP) is 6.05. The lowest BCUT2D eigenvalue weighted by Crippen LogP contribution is -2.52. The van der Waals surface area contributed by atoms with Crippen LogP contribution in [-0.2, 0) is 10.3 Å². The third-order valence-corrected chi connectivity index (χ3v) is 7.08. The maximum atomic E-state index is 11.9. The van der Waals surface area contributed by atoms with Crippen LogP contribution in [0.1, 0.15) is 49.7 Å². The van der Waals surface area contributed by atoms with Gasteiger partial charge in [-0.1, -0.05) is 59.6 Å². The number of carbonyl (C=O) groups is 1. The largest absolute Gasteiger partial charge is 0.347 e. The first kappa shape index (κ1) is 30.0. The number of nitrogens with one attached hydrogen (secondary N) is 2. The summed E-state index contributed by atoms with van der Waals surface area (Å²) in [5.74, 6) is 0.446. The van der Waals surface area contributed by atoms with E-state index < -0.39 is 0 Å². The Hall–Kier alpha value is -1.01. The molecule has 1 aliphatic heterocycles. The summed E-state index contributed by atoms with van der Waals surface area (Å²) in [5.41, 5.74) is 2.19. The van der Waals surface area contributed by atoms with Crippen LogP contribution in [0.15, 0.2) is 48.5 Å². The van der Waals surface area contributed by atoms with Crippen molar-refractivity contribution >= 4 is 53.9 Å². The standard InChI is InChI=1S/C25H33Cl2N3O.2ClH/c1-19(31)29-25(22-8-4-3-5-9-22)12-15-30(16-13-25)14-6-7-21(18-28-2)20-10-11-23(26)24(27)17-20;;/h3-5,8-11,17,21,28H,6-7,12-16,18H2,1-2H3,(H,29,31);2*1H. The summed E-state index contributed by atoms with van der Waals surface area (Å²) in [6.07, 6.45) is 4.07. The van der Waals surface area contributed by atoms with Crippen LogP contribution in [0.2, 0.25) is 10.0 Å². The number of halogens is 4. The Bertz CT molecular complexity index is 858. The van der Waals surface area contributed by atoms with Gasteiger partial charge in [-0.25, -0.2) is 0 Å². The highest BCUT2D eigenvalue weighted by atomic mass is 35.5. The highest BCUT2D eigenvalue weighted by molar-refractivity contribution is 6.42. The molecule has 3 rings (SSSR count). The zero-order chi connectivity index (χ0) is 22.3. The van der Waals surface area contributed by atoms with Gasteiger partial charge in [-0.05, 0) is 68.5 Å². The van der Waals surface area contributed by atoms with E-state index in [1.807, 2.05) is 25.2 Å². The lowest BCUT2D eigenvalue weighted by molar-refractivity contribution is -0.121. The molecule has 1 fully saturated rings. The molecule has 1 atom stereocenters. The number of piperidine rings is 1. The highest BCUT2D eigenvalue weighted by Crippen LogP contribution is 2.33. The fourth-order valence-corrected chi connectivity index (χ4v) is 5.01. The third kappa shape index (κ3) is 8.31. The normalized spacial score (nSPS) is 16.2. The topological polar surface area (TPSA) is 44.4 Å². The minimum atomic E-state index is -0.252. The van der Waals surface area contributed by atoms with Crippen LogP contribution in [0.3, 0.4) is 0 Å². The van der Waals surface area contributed by atoms with Gasteiger partial charge in [-0.15, -0.1) is 24.8 Å². The molecule has 2 aromatic rings. The van der Waals surface area contributed by atoms with Crippen molar-refractivity contribution in [3.05, 3.63) is 69.7 Å². The molecule has 1 heterocycles. The Kier molecular flexibility index (Phi) is 13.1. The average molecular weight is 535 g/mol. The van der Waals surface area contributed by atoms with E-state index >= 15 is 0 Å². The van der Waals surface area contributed by atoms with Gasteiger partial charge in [0.2, 0.25) is 5.91 Å². The van der Waals surface area contributed by atoms with E-state index in [2.05, 4.69) is 45.9 Å². The third-order valence-electron chi connectivity index (χ3n) is 6.34. The maximum absolute atomic E-state index is 11.9. The first-order valence-electron chi connectivity index (χ1n) is 11.1. The van der Waals surface area contributed by atoms with Gasteiger partial charge < -0.3 is 15.5 Å². The fourth-order valence-electron chi connectivity index (χ4n) is 4.70. The van der Waals surface area contributed by atoms with E-state index in [0.29, 0.717) is 16.0 Å². The molecule has 2 aromatic carbocycles. The Morgan fingerprint density at radius 2 is 1.73 bits per heavy atom. The van der Waals surface area contributed by atoms with E-state index in [0.717, 1.165) is 51.9 Å². The SMILES string of the molecule is CNCC(CCCN1CCC(NC(C)=O)(c2ccccc2)CC1)c1ccc(Cl)c(Cl)c1.Cl.Cl. The van der Waals surface area contributed by atoms with Crippen molar-refractivity contribution in [2.75, 3.05) is 33.2 Å². The summed E-state index contributed by atoms with van der Waals surface area (Å²) in [6, 6.07) is 16.4. The van der Waals surface area contributed by atoms with Gasteiger partial charge >= 0.3 is 0 Å². The molecular formula is C25H35Cl4N3O. The van der Waals surface area contributed by atoms with E-state index in [-0.39, 0.29) is 36.3 Å². The van der Waals surface area contributed by atoms with Crippen LogP contribution >= 0.6 is 48.0 Å². The lowest BCUT2D eigenvalue weighted by atomic mass is 9.80. The molecule has 1 amide bonds. The Morgan fingerprint density at radius 1 is 1.06 bits per heavy atom. The first-order valence-corrected chi connectivity index (χ1v) is 11.9. The van der Waals surface area contributed by atoms with Crippen LogP contribution < -0.4 is 10.6 Å². The molecule has 0 aromatic heterocycles. The summed E-state index contributed by atoms with van der Waals surface area (Å²) < 4.78 is 0. The fraction of sp³-hybridized carbons (Fsp3) is 0.480. The van der Waals surface area contributed by atoms with Crippen molar-refractivity contribution in [3.8, 4) is 0 Å². The summed E-state index contributed by atoms with van der Waals surface area (Å²) >= 11 is 12.3. The van der Waals surface area contributed by atoms with Crippen molar-refractivity contribution in [2.45, 2.75) is 44.1 Å². The van der Waals surface area contributed by atoms with Gasteiger partial charge in [0.05, 0.1) is 15.6 Å². The van der Waals surface area contributed by atoms with Gasteiger partial charge in [-0.2, -0.15) is 0 Å². The summed E-state index contributed by atoms with van der Waals surface area (Å²) in [7, 11) is 1.99. The van der Waals surface area contributed by atoms with Crippen LogP contribution in [-0.4, -0.2) is 44.0 Å². The molecule has 1 saturated heterocycles. The molecule has 4 nitrogen and oxygen atoms in total. The molecule has 1 aliphatic rings. The number of hydrogen-bond acceptors (Lipinski definition) is 3. The van der Waals surface area contributed by atoms with Crippen LogP contribution in [0.4, 0.5) is 0 Å². The van der Waals surface area contributed by atoms with Gasteiger partial charge in [0.25, 0.3) is 0 Å². The minimum Gasteiger partial charge on any atom is -0.347 e. The second-order valence-corrected chi connectivity index (χ2v) is 9.36. The van der Waals surface area contributed by atoms with Gasteiger partial charge in [-0.3, -0.25) is 4.79 Å². The number of rotatable bonds is 9. The Balaban J connectivity index is 0.00000272. The quantitative estimate of drug-likeness (QED) is 0.411. The average Bonchev–Trinajstić information content (AvgIpc) is 2.76. The molecule has 184 valence electrons. The van der Waals surface area contributed by atoms with Crippen molar-refractivity contribution in [3.63, 3.8) is 0 Å². The van der Waals surface area contributed by atoms with Crippen molar-refractivity contribution in [2.24, 2.45) is 0 Å². The van der Waals surface area contributed by atoms with E-state index in [1.54, 1.807) is 6.92 Å². The lowest BCUT2D eigenvalue weighted by Gasteiger charge is -2.43. The summed E-state index contributed by atoms with van der Waals surface area (Å²) in [6.45, 7) is 5.56. The molecule has 8 heteroatoms. The van der Waals surface area contributed by atoms with Gasteiger partial charge in [0.1, 0.15) is 0 Å². The summed E-state index contributed by atoms with van der Waals surface area (Å²) in [5, 5.41) is 7.78. The molecule has 2 N–H and O–H groups in total. The second-order valence-electron chi connectivity index (χ2n) is 8.54. The molecular weight excluding hydrogens is 500 g/mol. The second kappa shape index (κ2) is 14.4. The number of amides is 1. The van der Waals surface area contributed by atoms with Crippen molar-refractivity contribution < 1.29 is 4.79 Å². The van der Waals surface area contributed by atoms with Crippen LogP contribution in [0.25, 0.3) is 0 Å². The van der Waals surface area contributed by atoms with E-state index in [1.165, 1.54) is 11.1 Å². The van der Waals surface area contributed by atoms with E-state index in [9.17, 15) is 4.79 Å². The first-order chi connectivity index (χ1) is 14.9. The van der Waals surface area contributed by atoms with Crippen molar-refractivity contribution in [1.82, 2.24) is 15.5 Å². The molecule has 0 spiro atoms. The Labute approximate surface area is 220 Å². The zero-order valence-electron chi connectivity index (χ0n) is 19.3. The zero-order valence-corrected chi connectivity index (χ0v) is 22.4. The highest BCUT2D eigenvalue weighted by Gasteiger charge is 2.36. The number of hydrogen-bond donors (Lipinski definition) is 2.